The quantitative estimate of drug-likeness (QED) is 0.373. The normalized spacial score (nSPS) is 10.6. The van der Waals surface area contributed by atoms with E-state index >= 15 is 0 Å². The van der Waals surface area contributed by atoms with Crippen LogP contribution in [0.15, 0.2) is 0 Å². The van der Waals surface area contributed by atoms with Crippen molar-refractivity contribution in [1.29, 1.82) is 5.26 Å². The van der Waals surface area contributed by atoms with Crippen LogP contribution in [0, 0.1) is 11.3 Å². The van der Waals surface area contributed by atoms with Gasteiger partial charge in [0.05, 0.1) is 6.07 Å². The van der Waals surface area contributed by atoms with Gasteiger partial charge in [0.15, 0.2) is 0 Å². The molecule has 0 aromatic carbocycles. The van der Waals surface area contributed by atoms with Crippen LogP contribution in [-0.4, -0.2) is 24.3 Å². The maximum atomic E-state index is 11.2. The van der Waals surface area contributed by atoms with Gasteiger partial charge in [-0.2, -0.15) is 31.6 Å². The minimum absolute atomic E-state index is 1.43. The molecule has 4 nitrogen and oxygen atoms in total. The molecule has 10 heteroatoms. The van der Waals surface area contributed by atoms with Crippen LogP contribution in [0.3, 0.4) is 0 Å². The number of alkyl halides is 6. The van der Waals surface area contributed by atoms with Gasteiger partial charge in [-0.3, -0.25) is 0 Å². The van der Waals surface area contributed by atoms with E-state index in [1.165, 1.54) is 6.92 Å². The standard InChI is InChI=1S/C4F6O3.C2H3N/c5-3(6,7)1(11)13-2(12)4(8,9)10;1-2-3/h;1H3. The Labute approximate surface area is 84.4 Å². The van der Waals surface area contributed by atoms with E-state index in [4.69, 9.17) is 5.26 Å². The highest BCUT2D eigenvalue weighted by Gasteiger charge is 2.49. The Bertz CT molecular complexity index is 275. The molecular formula is C6H3F6NO3. The summed E-state index contributed by atoms with van der Waals surface area (Å²) in [7, 11) is 0. The number of rotatable bonds is 0. The average Bonchev–Trinajstić information content (AvgIpc) is 2.01. The molecule has 0 unspecified atom stereocenters. The number of carbonyl (C=O) groups excluding carboxylic acids is 2. The summed E-state index contributed by atoms with van der Waals surface area (Å²) < 4.78 is 69.7. The summed E-state index contributed by atoms with van der Waals surface area (Å²) in [6.45, 7) is 1.43. The van der Waals surface area contributed by atoms with E-state index in [0.717, 1.165) is 0 Å². The van der Waals surface area contributed by atoms with Crippen LogP contribution >= 0.6 is 0 Å². The number of halogens is 6. The van der Waals surface area contributed by atoms with Crippen molar-refractivity contribution >= 4 is 11.9 Å². The number of nitriles is 1. The van der Waals surface area contributed by atoms with Gasteiger partial charge in [-0.05, 0) is 0 Å². The molecule has 0 aliphatic rings. The van der Waals surface area contributed by atoms with Crippen LogP contribution in [0.2, 0.25) is 0 Å². The summed E-state index contributed by atoms with van der Waals surface area (Å²) in [6.07, 6.45) is -11.2. The zero-order valence-electron chi connectivity index (χ0n) is 7.44. The summed E-state index contributed by atoms with van der Waals surface area (Å²) in [6, 6.07) is 1.75. The molecule has 16 heavy (non-hydrogen) atoms. The van der Waals surface area contributed by atoms with Gasteiger partial charge in [0.2, 0.25) is 0 Å². The molecule has 0 rings (SSSR count). The zero-order chi connectivity index (χ0) is 13.6. The summed E-state index contributed by atoms with van der Waals surface area (Å²) in [5.74, 6) is -6.40. The van der Waals surface area contributed by atoms with Gasteiger partial charge in [0, 0.05) is 6.92 Å². The highest BCUT2D eigenvalue weighted by molar-refractivity contribution is 5.90. The lowest BCUT2D eigenvalue weighted by atomic mass is 10.6. The first-order valence-corrected chi connectivity index (χ1v) is 3.17. The molecule has 0 bridgehead atoms. The molecule has 0 spiro atoms. The molecule has 0 saturated carbocycles. The highest BCUT2D eigenvalue weighted by atomic mass is 19.4. The maximum Gasteiger partial charge on any atom is 0.491 e. The van der Waals surface area contributed by atoms with E-state index in [9.17, 15) is 35.9 Å². The molecule has 0 aromatic heterocycles. The summed E-state index contributed by atoms with van der Waals surface area (Å²) >= 11 is 0. The van der Waals surface area contributed by atoms with Gasteiger partial charge in [-0.15, -0.1) is 0 Å². The average molecular weight is 251 g/mol. The molecule has 0 aliphatic carbocycles. The van der Waals surface area contributed by atoms with Crippen molar-refractivity contribution < 1.29 is 40.7 Å². The summed E-state index contributed by atoms with van der Waals surface area (Å²) in [5.41, 5.74) is 0. The fourth-order valence-electron chi connectivity index (χ4n) is 0.200. The molecule has 0 aromatic rings. The smallest absolute Gasteiger partial charge is 0.380 e. The minimum Gasteiger partial charge on any atom is -0.380 e. The third-order valence-corrected chi connectivity index (χ3v) is 0.648. The van der Waals surface area contributed by atoms with Crippen molar-refractivity contribution in [2.75, 3.05) is 0 Å². The Hall–Kier alpha value is -1.79. The van der Waals surface area contributed by atoms with E-state index in [0.29, 0.717) is 0 Å². The number of carbonyl (C=O) groups is 2. The maximum absolute atomic E-state index is 11.2. The molecule has 0 saturated heterocycles. The van der Waals surface area contributed by atoms with Gasteiger partial charge in [-0.25, -0.2) is 9.59 Å². The Morgan fingerprint density at radius 2 is 1.19 bits per heavy atom. The first-order valence-electron chi connectivity index (χ1n) is 3.17. The van der Waals surface area contributed by atoms with Crippen LogP contribution in [0.25, 0.3) is 0 Å². The first kappa shape index (κ1) is 16.6. The lowest BCUT2D eigenvalue weighted by Crippen LogP contribution is -2.34. The van der Waals surface area contributed by atoms with Gasteiger partial charge in [0.25, 0.3) is 0 Å². The number of hydrogen-bond acceptors (Lipinski definition) is 4. The van der Waals surface area contributed by atoms with Gasteiger partial charge in [-0.1, -0.05) is 0 Å². The molecule has 0 fully saturated rings. The summed E-state index contributed by atoms with van der Waals surface area (Å²) in [5, 5.41) is 7.32. The second-order valence-electron chi connectivity index (χ2n) is 1.90. The van der Waals surface area contributed by atoms with Crippen molar-refractivity contribution in [3.8, 4) is 6.07 Å². The van der Waals surface area contributed by atoms with Crippen LogP contribution in [0.4, 0.5) is 26.3 Å². The molecular weight excluding hydrogens is 248 g/mol. The first-order chi connectivity index (χ1) is 6.96. The van der Waals surface area contributed by atoms with E-state index in [-0.39, 0.29) is 0 Å². The Morgan fingerprint density at radius 1 is 1.00 bits per heavy atom. The molecule has 92 valence electrons. The Balaban J connectivity index is 0. The Morgan fingerprint density at radius 3 is 1.31 bits per heavy atom. The summed E-state index contributed by atoms with van der Waals surface area (Å²) in [4.78, 5) is 19.3. The van der Waals surface area contributed by atoms with Crippen molar-refractivity contribution in [2.45, 2.75) is 19.3 Å². The predicted octanol–water partition coefficient (Wildman–Crippen LogP) is 1.71. The zero-order valence-corrected chi connectivity index (χ0v) is 7.44. The molecule has 0 aliphatic heterocycles. The lowest BCUT2D eigenvalue weighted by molar-refractivity contribution is -0.221. The lowest BCUT2D eigenvalue weighted by Gasteiger charge is -2.06. The van der Waals surface area contributed by atoms with Crippen molar-refractivity contribution in [1.82, 2.24) is 0 Å². The largest absolute Gasteiger partial charge is 0.491 e. The molecule has 0 heterocycles. The predicted molar refractivity (Wildman–Crippen MR) is 34.5 cm³/mol. The van der Waals surface area contributed by atoms with Crippen LogP contribution in [0.5, 0.6) is 0 Å². The monoisotopic (exact) mass is 251 g/mol. The molecule has 0 N–H and O–H groups in total. The fourth-order valence-corrected chi connectivity index (χ4v) is 0.200. The molecule has 0 radical (unpaired) electrons. The fraction of sp³-hybridized carbons (Fsp3) is 0.500. The SMILES string of the molecule is CC#N.O=C(OC(=O)C(F)(F)F)C(F)(F)F. The Kier molecular flexibility index (Phi) is 6.17. The number of ether oxygens (including phenoxy) is 1. The van der Waals surface area contributed by atoms with Gasteiger partial charge in [0.1, 0.15) is 0 Å². The minimum atomic E-state index is -5.62. The third-order valence-electron chi connectivity index (χ3n) is 0.648. The van der Waals surface area contributed by atoms with E-state index < -0.39 is 24.3 Å². The van der Waals surface area contributed by atoms with E-state index in [1.54, 1.807) is 6.07 Å². The topological polar surface area (TPSA) is 67.2 Å². The van der Waals surface area contributed by atoms with Crippen LogP contribution < -0.4 is 0 Å². The van der Waals surface area contributed by atoms with E-state index in [2.05, 4.69) is 4.74 Å². The van der Waals surface area contributed by atoms with Gasteiger partial charge >= 0.3 is 24.3 Å². The van der Waals surface area contributed by atoms with Crippen molar-refractivity contribution in [3.05, 3.63) is 0 Å². The number of nitrogens with zero attached hydrogens (tertiary/aromatic N) is 1. The van der Waals surface area contributed by atoms with E-state index in [1.807, 2.05) is 0 Å². The van der Waals surface area contributed by atoms with Crippen molar-refractivity contribution in [3.63, 3.8) is 0 Å². The second kappa shape index (κ2) is 5.94. The third kappa shape index (κ3) is 7.60. The van der Waals surface area contributed by atoms with Crippen LogP contribution in [-0.2, 0) is 14.3 Å². The van der Waals surface area contributed by atoms with Gasteiger partial charge < -0.3 is 4.74 Å². The molecule has 0 amide bonds. The van der Waals surface area contributed by atoms with Crippen molar-refractivity contribution in [2.24, 2.45) is 0 Å². The van der Waals surface area contributed by atoms with Crippen LogP contribution in [0.1, 0.15) is 6.92 Å². The second-order valence-corrected chi connectivity index (χ2v) is 1.90. The molecule has 0 atom stereocenters. The number of hydrogen-bond donors (Lipinski definition) is 0. The number of esters is 2. The highest BCUT2D eigenvalue weighted by Crippen LogP contribution is 2.21.